The molecule has 130 valence electrons. The summed E-state index contributed by atoms with van der Waals surface area (Å²) < 4.78 is 0. The average molecular weight is 339 g/mol. The number of rotatable bonds is 5. The largest absolute Gasteiger partial charge is 0.361 e. The summed E-state index contributed by atoms with van der Waals surface area (Å²) in [6.45, 7) is 6.31. The van der Waals surface area contributed by atoms with Crippen molar-refractivity contribution < 1.29 is 19.2 Å². The van der Waals surface area contributed by atoms with Gasteiger partial charge in [-0.05, 0) is 36.0 Å². The van der Waals surface area contributed by atoms with Gasteiger partial charge in [-0.15, -0.1) is 0 Å². The maximum atomic E-state index is 12.2. The van der Waals surface area contributed by atoms with E-state index in [4.69, 9.17) is 11.1 Å². The molecule has 1 aromatic rings. The molecule has 1 fully saturated rings. The van der Waals surface area contributed by atoms with Crippen LogP contribution in [0.25, 0.3) is 11.1 Å². The van der Waals surface area contributed by atoms with Gasteiger partial charge in [-0.25, -0.2) is 0 Å². The third-order valence-electron chi connectivity index (χ3n) is 4.44. The second-order valence-corrected chi connectivity index (χ2v) is 7.11. The van der Waals surface area contributed by atoms with E-state index in [1.54, 1.807) is 4.90 Å². The first-order chi connectivity index (χ1) is 11.8. The van der Waals surface area contributed by atoms with E-state index in [1.807, 2.05) is 24.3 Å². The summed E-state index contributed by atoms with van der Waals surface area (Å²) in [4.78, 5) is 31.8. The zero-order valence-electron chi connectivity index (χ0n) is 14.6. The van der Waals surface area contributed by atoms with Gasteiger partial charge in [0.25, 0.3) is 11.6 Å². The lowest BCUT2D eigenvalue weighted by molar-refractivity contribution is -0.117. The lowest BCUT2D eigenvalue weighted by atomic mass is 9.87. The van der Waals surface area contributed by atoms with E-state index in [1.165, 1.54) is 0 Å². The van der Waals surface area contributed by atoms with Gasteiger partial charge >= 0.3 is 12.4 Å². The maximum absolute atomic E-state index is 12.2. The molecular formula is C18H21N5O2. The lowest BCUT2D eigenvalue weighted by Crippen LogP contribution is -2.45. The predicted octanol–water partition coefficient (Wildman–Crippen LogP) is 2.06. The van der Waals surface area contributed by atoms with Gasteiger partial charge in [-0.2, -0.15) is 9.58 Å². The minimum absolute atomic E-state index is 0.0128. The highest BCUT2D eigenvalue weighted by Gasteiger charge is 2.42. The van der Waals surface area contributed by atoms with Crippen LogP contribution in [0.2, 0.25) is 0 Å². The smallest absolute Gasteiger partial charge is 0.325 e. The van der Waals surface area contributed by atoms with Crippen LogP contribution in [0.4, 0.5) is 5.69 Å². The van der Waals surface area contributed by atoms with Crippen molar-refractivity contribution in [2.24, 2.45) is 0 Å². The SMILES string of the molecule is CC(C)(C)c1ccc(N2[C@H](C(=O)C=[N+]=[N-])CC[C@H]2C(=O)C=[N+]=[N-])cc1. The molecule has 1 aromatic carbocycles. The molecule has 1 saturated heterocycles. The fraction of sp³-hybridized carbons (Fsp3) is 0.444. The quantitative estimate of drug-likeness (QED) is 0.465. The van der Waals surface area contributed by atoms with Crippen LogP contribution < -0.4 is 4.90 Å². The van der Waals surface area contributed by atoms with Crippen LogP contribution in [0.5, 0.6) is 0 Å². The van der Waals surface area contributed by atoms with Crippen molar-refractivity contribution in [1.82, 2.24) is 0 Å². The Labute approximate surface area is 146 Å². The number of Topliss-reactive ketones (excluding diaryl/α,β-unsaturated/α-hetero) is 2. The van der Waals surface area contributed by atoms with Crippen molar-refractivity contribution in [3.05, 3.63) is 40.9 Å². The minimum atomic E-state index is -0.600. The Kier molecular flexibility index (Phi) is 5.42. The van der Waals surface area contributed by atoms with Crippen LogP contribution in [0, 0.1) is 0 Å². The Balaban J connectivity index is 2.44. The monoisotopic (exact) mass is 339 g/mol. The molecule has 0 unspecified atom stereocenters. The van der Waals surface area contributed by atoms with Gasteiger partial charge in [0.05, 0.1) is 0 Å². The minimum Gasteiger partial charge on any atom is -0.361 e. The van der Waals surface area contributed by atoms with Gasteiger partial charge in [-0.3, -0.25) is 9.59 Å². The van der Waals surface area contributed by atoms with E-state index in [2.05, 4.69) is 30.4 Å². The summed E-state index contributed by atoms with van der Waals surface area (Å²) in [5, 5.41) is 0. The van der Waals surface area contributed by atoms with Gasteiger partial charge in [0, 0.05) is 5.69 Å². The summed E-state index contributed by atoms with van der Waals surface area (Å²) in [7, 11) is 0. The van der Waals surface area contributed by atoms with Crippen molar-refractivity contribution in [2.45, 2.75) is 51.1 Å². The number of ketones is 2. The van der Waals surface area contributed by atoms with Crippen molar-refractivity contribution in [1.29, 1.82) is 0 Å². The second kappa shape index (κ2) is 7.34. The highest BCUT2D eigenvalue weighted by atomic mass is 16.1. The van der Waals surface area contributed by atoms with Gasteiger partial charge in [0.2, 0.25) is 0 Å². The van der Waals surface area contributed by atoms with E-state index in [9.17, 15) is 9.59 Å². The van der Waals surface area contributed by atoms with E-state index < -0.39 is 12.1 Å². The summed E-state index contributed by atoms with van der Waals surface area (Å²) in [5.74, 6) is -0.753. The van der Waals surface area contributed by atoms with E-state index in [0.29, 0.717) is 12.8 Å². The van der Waals surface area contributed by atoms with Gasteiger partial charge < -0.3 is 16.0 Å². The average Bonchev–Trinajstić information content (AvgIpc) is 2.99. The molecule has 0 N–H and O–H groups in total. The number of carbonyl (C=O) groups excluding carboxylic acids is 2. The molecule has 1 heterocycles. The molecule has 0 radical (unpaired) electrons. The van der Waals surface area contributed by atoms with Crippen molar-refractivity contribution >= 4 is 29.7 Å². The Morgan fingerprint density at radius 2 is 1.44 bits per heavy atom. The van der Waals surface area contributed by atoms with Gasteiger partial charge in [-0.1, -0.05) is 32.9 Å². The molecule has 2 rings (SSSR count). The summed E-state index contributed by atoms with van der Waals surface area (Å²) in [5.41, 5.74) is 19.1. The van der Waals surface area contributed by atoms with Crippen molar-refractivity contribution in [2.75, 3.05) is 4.90 Å². The molecule has 2 atom stereocenters. The Morgan fingerprint density at radius 1 is 1.00 bits per heavy atom. The summed E-state index contributed by atoms with van der Waals surface area (Å²) >= 11 is 0. The molecule has 7 nitrogen and oxygen atoms in total. The molecule has 0 bridgehead atoms. The molecule has 0 saturated carbocycles. The second-order valence-electron chi connectivity index (χ2n) is 7.11. The van der Waals surface area contributed by atoms with Crippen LogP contribution in [0.3, 0.4) is 0 Å². The van der Waals surface area contributed by atoms with Crippen LogP contribution in [-0.4, -0.2) is 45.7 Å². The van der Waals surface area contributed by atoms with Crippen molar-refractivity contribution in [3.8, 4) is 0 Å². The van der Waals surface area contributed by atoms with Crippen LogP contribution in [-0.2, 0) is 15.0 Å². The number of benzene rings is 1. The highest BCUT2D eigenvalue weighted by molar-refractivity contribution is 6.31. The molecule has 0 amide bonds. The first-order valence-electron chi connectivity index (χ1n) is 8.11. The predicted molar refractivity (Wildman–Crippen MR) is 93.8 cm³/mol. The van der Waals surface area contributed by atoms with E-state index >= 15 is 0 Å². The highest BCUT2D eigenvalue weighted by Crippen LogP contribution is 2.33. The maximum Gasteiger partial charge on any atom is 0.325 e. The first kappa shape index (κ1) is 18.5. The number of hydrogen-bond donors (Lipinski definition) is 0. The summed E-state index contributed by atoms with van der Waals surface area (Å²) in [6, 6.07) is 6.49. The fourth-order valence-corrected chi connectivity index (χ4v) is 3.15. The molecule has 1 aliphatic rings. The Hall–Kier alpha value is -2.88. The molecule has 0 aliphatic carbocycles. The molecule has 7 heteroatoms. The van der Waals surface area contributed by atoms with E-state index in [0.717, 1.165) is 23.7 Å². The van der Waals surface area contributed by atoms with Crippen LogP contribution in [0.15, 0.2) is 24.3 Å². The van der Waals surface area contributed by atoms with Gasteiger partial charge in [0.15, 0.2) is 0 Å². The lowest BCUT2D eigenvalue weighted by Gasteiger charge is -2.29. The zero-order valence-corrected chi connectivity index (χ0v) is 14.6. The van der Waals surface area contributed by atoms with Crippen LogP contribution in [0.1, 0.15) is 39.2 Å². The molecule has 1 aliphatic heterocycles. The third-order valence-corrected chi connectivity index (χ3v) is 4.44. The zero-order chi connectivity index (χ0) is 18.6. The first-order valence-corrected chi connectivity index (χ1v) is 8.11. The Bertz CT molecular complexity index is 728. The molecule has 0 aromatic heterocycles. The number of nitrogens with zero attached hydrogens (tertiary/aromatic N) is 5. The van der Waals surface area contributed by atoms with Crippen molar-refractivity contribution in [3.63, 3.8) is 0 Å². The number of anilines is 1. The Morgan fingerprint density at radius 3 is 1.80 bits per heavy atom. The summed E-state index contributed by atoms with van der Waals surface area (Å²) in [6.07, 6.45) is 2.60. The third kappa shape index (κ3) is 3.97. The van der Waals surface area contributed by atoms with Crippen LogP contribution >= 0.6 is 0 Å². The molecule has 0 spiro atoms. The normalized spacial score (nSPS) is 19.7. The number of hydrogen-bond acceptors (Lipinski definition) is 3. The fourth-order valence-electron chi connectivity index (χ4n) is 3.15. The number of carbonyl (C=O) groups is 2. The topological polar surface area (TPSA) is 110 Å². The van der Waals surface area contributed by atoms with E-state index in [-0.39, 0.29) is 17.0 Å². The molecule has 25 heavy (non-hydrogen) atoms. The van der Waals surface area contributed by atoms with Gasteiger partial charge in [0.1, 0.15) is 12.1 Å². The molecular weight excluding hydrogens is 318 g/mol. The standard InChI is InChI=1S/C18H21N5O2/c1-18(2,3)12-4-6-13(7-5-12)23-14(16(24)10-21-19)8-9-15(23)17(25)11-22-20/h4-7,10-11,14-15H,8-9H2,1-3H3/t14-,15-/m0/s1.